The van der Waals surface area contributed by atoms with Crippen LogP contribution in [0.15, 0.2) is 39.9 Å². The number of nitrogens with zero attached hydrogens (tertiary/aromatic N) is 4. The largest absolute Gasteiger partial charge is 0.478 e. The summed E-state index contributed by atoms with van der Waals surface area (Å²) in [5, 5.41) is 8.87. The number of aromatic nitrogens is 4. The third-order valence-electron chi connectivity index (χ3n) is 4.00. The molecular weight excluding hydrogens is 343 g/mol. The molecule has 0 spiro atoms. The molecule has 0 bridgehead atoms. The maximum absolute atomic E-state index is 13.1. The van der Waals surface area contributed by atoms with Crippen molar-refractivity contribution in [2.75, 3.05) is 0 Å². The van der Waals surface area contributed by atoms with Gasteiger partial charge in [0.25, 0.3) is 5.56 Å². The maximum atomic E-state index is 13.1. The molecule has 0 fully saturated rings. The number of hydrogen-bond donors (Lipinski definition) is 1. The first kappa shape index (κ1) is 17.3. The van der Waals surface area contributed by atoms with Gasteiger partial charge in [0.2, 0.25) is 0 Å². The van der Waals surface area contributed by atoms with Crippen molar-refractivity contribution in [1.29, 1.82) is 0 Å². The smallest absolute Gasteiger partial charge is 0.332 e. The number of hydrogen-bond acceptors (Lipinski definition) is 4. The molecule has 134 valence electrons. The zero-order valence-corrected chi connectivity index (χ0v) is 14.0. The highest BCUT2D eigenvalue weighted by atomic mass is 19.1. The maximum Gasteiger partial charge on any atom is 0.332 e. The minimum Gasteiger partial charge on any atom is -0.478 e. The fraction of sp³-hybridized carbons (Fsp3) is 0.176. The molecule has 8 nitrogen and oxygen atoms in total. The fourth-order valence-electron chi connectivity index (χ4n) is 2.71. The van der Waals surface area contributed by atoms with E-state index in [9.17, 15) is 18.8 Å². The second-order valence-corrected chi connectivity index (χ2v) is 5.73. The molecule has 3 aromatic rings. The number of carboxylic acid groups (broad SMARTS) is 1. The number of aryl methyl sites for hydroxylation is 1. The van der Waals surface area contributed by atoms with Crippen LogP contribution in [0.5, 0.6) is 0 Å². The van der Waals surface area contributed by atoms with E-state index in [1.807, 2.05) is 0 Å². The first-order valence-electron chi connectivity index (χ1n) is 7.61. The molecule has 3 rings (SSSR count). The third-order valence-corrected chi connectivity index (χ3v) is 4.00. The van der Waals surface area contributed by atoms with E-state index in [-0.39, 0.29) is 23.5 Å². The number of carbonyl (C=O) groups is 1. The first-order valence-corrected chi connectivity index (χ1v) is 7.61. The van der Waals surface area contributed by atoms with Crippen molar-refractivity contribution < 1.29 is 14.3 Å². The predicted octanol–water partition coefficient (Wildman–Crippen LogP) is 0.719. The Labute approximate surface area is 146 Å². The predicted molar refractivity (Wildman–Crippen MR) is 92.4 cm³/mol. The summed E-state index contributed by atoms with van der Waals surface area (Å²) in [6.45, 7) is 0.177. The zero-order chi connectivity index (χ0) is 19.0. The summed E-state index contributed by atoms with van der Waals surface area (Å²) in [6.07, 6.45) is 2.14. The molecule has 0 saturated carbocycles. The number of fused-ring (bicyclic) bond motifs is 1. The number of carboxylic acids is 1. The van der Waals surface area contributed by atoms with Gasteiger partial charge in [-0.2, -0.15) is 0 Å². The van der Waals surface area contributed by atoms with Gasteiger partial charge in [-0.3, -0.25) is 13.9 Å². The summed E-state index contributed by atoms with van der Waals surface area (Å²) < 4.78 is 16.9. The Kier molecular flexibility index (Phi) is 4.29. The molecule has 2 aromatic heterocycles. The topological polar surface area (TPSA) is 99.1 Å². The molecule has 0 aliphatic heterocycles. The Hall–Kier alpha value is -3.49. The van der Waals surface area contributed by atoms with Crippen molar-refractivity contribution in [2.45, 2.75) is 6.54 Å². The SMILES string of the molecule is Cn1c(=O)c2nc(/C=C/C(=O)O)n(Cc3ccc(F)cc3)c2n(C)c1=O. The van der Waals surface area contributed by atoms with Gasteiger partial charge in [0, 0.05) is 20.2 Å². The standard InChI is InChI=1S/C17H15FN4O4/c1-20-15-14(16(25)21(2)17(20)26)19-12(7-8-13(23)24)22(15)9-10-3-5-11(18)6-4-10/h3-8H,9H2,1-2H3,(H,23,24)/b8-7+. The molecule has 9 heteroatoms. The molecular formula is C17H15FN4O4. The van der Waals surface area contributed by atoms with Gasteiger partial charge in [0.05, 0.1) is 6.54 Å². The summed E-state index contributed by atoms with van der Waals surface area (Å²) in [5.41, 5.74) is -0.111. The van der Waals surface area contributed by atoms with E-state index in [1.54, 1.807) is 16.7 Å². The van der Waals surface area contributed by atoms with Gasteiger partial charge in [-0.15, -0.1) is 0 Å². The molecule has 0 atom stereocenters. The Morgan fingerprint density at radius 2 is 1.85 bits per heavy atom. The molecule has 2 heterocycles. The molecule has 0 radical (unpaired) electrons. The Bertz CT molecular complexity index is 1150. The van der Waals surface area contributed by atoms with Crippen LogP contribution in [-0.4, -0.2) is 29.8 Å². The lowest BCUT2D eigenvalue weighted by atomic mass is 10.2. The van der Waals surface area contributed by atoms with Crippen molar-refractivity contribution in [1.82, 2.24) is 18.7 Å². The number of imidazole rings is 1. The first-order chi connectivity index (χ1) is 12.3. The van der Waals surface area contributed by atoms with E-state index < -0.39 is 23.0 Å². The molecule has 1 N–H and O–H groups in total. The van der Waals surface area contributed by atoms with Gasteiger partial charge in [0.1, 0.15) is 11.6 Å². The minimum absolute atomic E-state index is 0.0433. The van der Waals surface area contributed by atoms with E-state index in [1.165, 1.54) is 36.9 Å². The molecule has 0 aliphatic rings. The second-order valence-electron chi connectivity index (χ2n) is 5.73. The van der Waals surface area contributed by atoms with Crippen LogP contribution in [0.25, 0.3) is 17.2 Å². The second kappa shape index (κ2) is 6.43. The molecule has 0 saturated heterocycles. The fourth-order valence-corrected chi connectivity index (χ4v) is 2.71. The highest BCUT2D eigenvalue weighted by molar-refractivity contribution is 5.85. The van der Waals surface area contributed by atoms with Gasteiger partial charge < -0.3 is 9.67 Å². The van der Waals surface area contributed by atoms with Gasteiger partial charge >= 0.3 is 11.7 Å². The van der Waals surface area contributed by atoms with Gasteiger partial charge in [0.15, 0.2) is 11.2 Å². The third kappa shape index (κ3) is 2.94. The van der Waals surface area contributed by atoms with Crippen LogP contribution in [0.4, 0.5) is 4.39 Å². The summed E-state index contributed by atoms with van der Waals surface area (Å²) in [4.78, 5) is 39.7. The van der Waals surface area contributed by atoms with E-state index in [2.05, 4.69) is 4.98 Å². The quantitative estimate of drug-likeness (QED) is 0.693. The van der Waals surface area contributed by atoms with Crippen molar-refractivity contribution in [3.05, 3.63) is 68.4 Å². The van der Waals surface area contributed by atoms with Crippen LogP contribution < -0.4 is 11.2 Å². The van der Waals surface area contributed by atoms with Crippen molar-refractivity contribution >= 4 is 23.2 Å². The lowest BCUT2D eigenvalue weighted by molar-refractivity contribution is -0.131. The lowest BCUT2D eigenvalue weighted by Crippen LogP contribution is -2.37. The van der Waals surface area contributed by atoms with Crippen LogP contribution in [0, 0.1) is 5.82 Å². The Balaban J connectivity index is 2.31. The van der Waals surface area contributed by atoms with Crippen LogP contribution >= 0.6 is 0 Å². The Morgan fingerprint density at radius 1 is 1.19 bits per heavy atom. The van der Waals surface area contributed by atoms with Crippen LogP contribution in [0.2, 0.25) is 0 Å². The van der Waals surface area contributed by atoms with E-state index in [0.717, 1.165) is 10.6 Å². The van der Waals surface area contributed by atoms with Crippen molar-refractivity contribution in [3.8, 4) is 0 Å². The van der Waals surface area contributed by atoms with Crippen LogP contribution in [0.1, 0.15) is 11.4 Å². The molecule has 0 unspecified atom stereocenters. The average Bonchev–Trinajstić information content (AvgIpc) is 2.96. The van der Waals surface area contributed by atoms with Crippen LogP contribution in [-0.2, 0) is 25.4 Å². The van der Waals surface area contributed by atoms with E-state index in [0.29, 0.717) is 5.56 Å². The number of benzene rings is 1. The number of rotatable bonds is 4. The number of halogens is 1. The lowest BCUT2D eigenvalue weighted by Gasteiger charge is -2.10. The Morgan fingerprint density at radius 3 is 2.46 bits per heavy atom. The summed E-state index contributed by atoms with van der Waals surface area (Å²) in [6, 6.07) is 5.70. The molecule has 0 aliphatic carbocycles. The normalized spacial score (nSPS) is 11.5. The van der Waals surface area contributed by atoms with Crippen LogP contribution in [0.3, 0.4) is 0 Å². The van der Waals surface area contributed by atoms with E-state index in [4.69, 9.17) is 5.11 Å². The number of aliphatic carboxylic acids is 1. The highest BCUT2D eigenvalue weighted by Gasteiger charge is 2.18. The van der Waals surface area contributed by atoms with Gasteiger partial charge in [-0.05, 0) is 23.8 Å². The monoisotopic (exact) mass is 358 g/mol. The van der Waals surface area contributed by atoms with Crippen molar-refractivity contribution in [3.63, 3.8) is 0 Å². The summed E-state index contributed by atoms with van der Waals surface area (Å²) >= 11 is 0. The minimum atomic E-state index is -1.17. The van der Waals surface area contributed by atoms with E-state index >= 15 is 0 Å². The molecule has 1 aromatic carbocycles. The summed E-state index contributed by atoms with van der Waals surface area (Å²) in [5.74, 6) is -1.37. The van der Waals surface area contributed by atoms with Gasteiger partial charge in [-0.25, -0.2) is 19.0 Å². The molecule has 26 heavy (non-hydrogen) atoms. The highest BCUT2D eigenvalue weighted by Crippen LogP contribution is 2.16. The summed E-state index contributed by atoms with van der Waals surface area (Å²) in [7, 11) is 2.84. The van der Waals surface area contributed by atoms with Crippen molar-refractivity contribution in [2.24, 2.45) is 14.1 Å². The molecule has 0 amide bonds. The van der Waals surface area contributed by atoms with Gasteiger partial charge in [-0.1, -0.05) is 12.1 Å². The average molecular weight is 358 g/mol. The zero-order valence-electron chi connectivity index (χ0n) is 14.0.